The molecule has 0 spiro atoms. The lowest BCUT2D eigenvalue weighted by atomic mass is 9.76. The van der Waals surface area contributed by atoms with Crippen LogP contribution in [-0.2, 0) is 35.5 Å². The van der Waals surface area contributed by atoms with Gasteiger partial charge < -0.3 is 15.0 Å². The lowest BCUT2D eigenvalue weighted by Gasteiger charge is -2.44. The number of anilines is 1. The van der Waals surface area contributed by atoms with Crippen molar-refractivity contribution in [3.05, 3.63) is 53.2 Å². The minimum absolute atomic E-state index is 0. The molecule has 59 heavy (non-hydrogen) atoms. The molecule has 1 aliphatic carbocycles. The molecule has 1 saturated carbocycles. The number of hydrogen-bond acceptors (Lipinski definition) is 11. The Balaban J connectivity index is 0.00000661. The second-order valence-corrected chi connectivity index (χ2v) is 17.4. The topological polar surface area (TPSA) is 168 Å². The summed E-state index contributed by atoms with van der Waals surface area (Å²) in [4.78, 5) is 74.6. The Morgan fingerprint density at radius 3 is 2.32 bits per heavy atom. The molecule has 6 rings (SSSR count). The molecule has 3 saturated heterocycles. The summed E-state index contributed by atoms with van der Waals surface area (Å²) in [5, 5.41) is 14.4. The third-order valence-electron chi connectivity index (χ3n) is 11.9. The van der Waals surface area contributed by atoms with Crippen molar-refractivity contribution in [3.63, 3.8) is 0 Å². The Labute approximate surface area is 352 Å². The summed E-state index contributed by atoms with van der Waals surface area (Å²) in [6, 6.07) is 7.46. The first-order valence-electron chi connectivity index (χ1n) is 19.5. The Morgan fingerprint density at radius 2 is 1.73 bits per heavy atom. The number of nitriles is 1. The number of carbonyl (C=O) groups excluding carboxylic acids is 5. The molecule has 3 atom stereocenters. The minimum Gasteiger partial charge on any atom is -0.377 e. The Hall–Kier alpha value is -4.28. The van der Waals surface area contributed by atoms with Gasteiger partial charge in [-0.15, -0.1) is 12.4 Å². The van der Waals surface area contributed by atoms with Crippen molar-refractivity contribution in [2.24, 2.45) is 0 Å². The van der Waals surface area contributed by atoms with Crippen LogP contribution in [-0.4, -0.2) is 116 Å². The maximum absolute atomic E-state index is 13.6. The summed E-state index contributed by atoms with van der Waals surface area (Å²) >= 11 is 0.631. The van der Waals surface area contributed by atoms with E-state index in [4.69, 9.17) is 10.00 Å². The zero-order valence-electron chi connectivity index (χ0n) is 33.6. The first-order chi connectivity index (χ1) is 27.3. The molecule has 1 aromatic heterocycles. The van der Waals surface area contributed by atoms with Crippen molar-refractivity contribution < 1.29 is 41.9 Å². The van der Waals surface area contributed by atoms with E-state index >= 15 is 0 Å². The van der Waals surface area contributed by atoms with E-state index in [1.54, 1.807) is 44.0 Å². The number of imide groups is 2. The van der Waals surface area contributed by atoms with Gasteiger partial charge in [0.1, 0.15) is 11.4 Å². The number of urea groups is 1. The number of nitrogens with zero attached hydrogens (tertiary/aromatic N) is 6. The number of piperidine rings is 1. The quantitative estimate of drug-likeness (QED) is 0.166. The molecule has 0 unspecified atom stereocenters. The molecule has 2 N–H and O–H groups in total. The number of aromatic nitrogens is 1. The van der Waals surface area contributed by atoms with E-state index in [9.17, 15) is 37.1 Å². The lowest BCUT2D eigenvalue weighted by Crippen LogP contribution is -2.58. The first kappa shape index (κ1) is 45.8. The lowest BCUT2D eigenvalue weighted by molar-refractivity contribution is -0.138. The van der Waals surface area contributed by atoms with Crippen LogP contribution in [0, 0.1) is 11.3 Å². The Morgan fingerprint density at radius 1 is 1.05 bits per heavy atom. The van der Waals surface area contributed by atoms with Gasteiger partial charge in [0.05, 0.1) is 41.9 Å². The second kappa shape index (κ2) is 18.1. The number of hydrogen-bond donors (Lipinski definition) is 2. The highest BCUT2D eigenvalue weighted by Crippen LogP contribution is 2.42. The van der Waals surface area contributed by atoms with Crippen molar-refractivity contribution in [1.29, 1.82) is 5.26 Å². The summed E-state index contributed by atoms with van der Waals surface area (Å²) < 4.78 is 47.9. The zero-order chi connectivity index (χ0) is 42.2. The van der Waals surface area contributed by atoms with Crippen LogP contribution in [0.4, 0.5) is 23.8 Å². The van der Waals surface area contributed by atoms with E-state index in [2.05, 4.69) is 39.3 Å². The molecule has 3 aliphatic heterocycles. The number of alkyl halides is 3. The van der Waals surface area contributed by atoms with Gasteiger partial charge in [-0.3, -0.25) is 34.3 Å². The number of nitrogens with one attached hydrogen (secondary N) is 2. The fourth-order valence-corrected chi connectivity index (χ4v) is 9.47. The molecule has 0 bridgehead atoms. The van der Waals surface area contributed by atoms with Crippen LogP contribution in [0.1, 0.15) is 89.8 Å². The maximum atomic E-state index is 13.6. The summed E-state index contributed by atoms with van der Waals surface area (Å²) in [6.07, 6.45) is -0.0129. The van der Waals surface area contributed by atoms with Crippen LogP contribution in [0.3, 0.4) is 0 Å². The molecule has 4 aliphatic rings. The van der Waals surface area contributed by atoms with Gasteiger partial charge in [0.2, 0.25) is 17.7 Å². The SMILES string of the molecule is C[C@@H]1CN(CCOC2CCC(N3C(=O)N(Sc4ccc(C#N)c(C(F)(F)F)c4)C(=O)C3(C)C)CC2)C[C@H](C)N1CC(=O)Nc1ccc([C@@]2(C)CCC(=O)NC2=O)cn1.Cl. The van der Waals surface area contributed by atoms with Gasteiger partial charge in [0.25, 0.3) is 5.91 Å². The zero-order valence-corrected chi connectivity index (χ0v) is 35.3. The summed E-state index contributed by atoms with van der Waals surface area (Å²) in [5.74, 6) is -0.979. The standard InChI is InChI=1S/C40H49F3N8O6S.ClH/c1-24-21-48(22-25(2)49(24)23-34(53)46-32-13-7-27(20-45-32)39(5)15-14-33(52)47-35(39)54)16-17-57-29-10-8-28(9-11-29)50-37(56)51(36(55)38(50,3)4)58-30-12-6-26(19-44)31(18-30)40(41,42)43;/h6-7,12-13,18,20,24-25,28-29H,8-11,14-17,21-23H2,1-5H3,(H,45,46,53)(H,47,52,54);1H/t24-,25+,28?,29?,39-;/m1./s1. The molecular formula is C40H50ClF3N8O6S. The second-order valence-electron chi connectivity index (χ2n) is 16.3. The fraction of sp³-hybridized carbons (Fsp3) is 0.575. The van der Waals surface area contributed by atoms with Gasteiger partial charge in [-0.25, -0.2) is 9.78 Å². The summed E-state index contributed by atoms with van der Waals surface area (Å²) in [7, 11) is 0. The molecule has 14 nitrogen and oxygen atoms in total. The van der Waals surface area contributed by atoms with Gasteiger partial charge >= 0.3 is 12.2 Å². The average molecular weight is 863 g/mol. The highest BCUT2D eigenvalue weighted by atomic mass is 35.5. The van der Waals surface area contributed by atoms with Crippen LogP contribution in [0.15, 0.2) is 41.4 Å². The number of piperazine rings is 1. The van der Waals surface area contributed by atoms with E-state index in [1.807, 2.05) is 0 Å². The number of rotatable bonds is 11. The van der Waals surface area contributed by atoms with Crippen LogP contribution in [0.25, 0.3) is 0 Å². The Kier molecular flexibility index (Phi) is 14.1. The van der Waals surface area contributed by atoms with Crippen molar-refractivity contribution in [2.45, 2.75) is 119 Å². The molecular weight excluding hydrogens is 813 g/mol. The number of benzene rings is 1. The highest BCUT2D eigenvalue weighted by molar-refractivity contribution is 7.98. The van der Waals surface area contributed by atoms with Crippen molar-refractivity contribution in [3.8, 4) is 6.07 Å². The molecule has 1 aromatic carbocycles. The minimum atomic E-state index is -4.77. The van der Waals surface area contributed by atoms with Crippen LogP contribution in [0.5, 0.6) is 0 Å². The first-order valence-corrected chi connectivity index (χ1v) is 20.3. The molecule has 19 heteroatoms. The van der Waals surface area contributed by atoms with Crippen LogP contribution in [0.2, 0.25) is 0 Å². The van der Waals surface area contributed by atoms with Crippen molar-refractivity contribution in [1.82, 2.24) is 29.3 Å². The van der Waals surface area contributed by atoms with Gasteiger partial charge in [-0.1, -0.05) is 6.07 Å². The van der Waals surface area contributed by atoms with E-state index < -0.39 is 40.2 Å². The molecule has 6 amide bonds. The number of halogens is 4. The van der Waals surface area contributed by atoms with E-state index in [-0.39, 0.29) is 72.2 Å². The predicted octanol–water partition coefficient (Wildman–Crippen LogP) is 5.50. The number of ether oxygens (including phenoxy) is 1. The van der Waals surface area contributed by atoms with E-state index in [1.165, 1.54) is 12.1 Å². The summed E-state index contributed by atoms with van der Waals surface area (Å²) in [6.45, 7) is 12.1. The molecule has 2 aromatic rings. The van der Waals surface area contributed by atoms with Gasteiger partial charge in [0, 0.05) is 55.3 Å². The number of pyridine rings is 1. The maximum Gasteiger partial charge on any atom is 0.417 e. The molecule has 4 fully saturated rings. The van der Waals surface area contributed by atoms with E-state index in [0.29, 0.717) is 68.6 Å². The summed E-state index contributed by atoms with van der Waals surface area (Å²) in [5.41, 5.74) is -3.05. The normalized spacial score (nSPS) is 26.6. The van der Waals surface area contributed by atoms with Gasteiger partial charge in [-0.05, 0) is 108 Å². The number of amides is 6. The van der Waals surface area contributed by atoms with E-state index in [0.717, 1.165) is 29.5 Å². The molecule has 0 radical (unpaired) electrons. The molecule has 320 valence electrons. The van der Waals surface area contributed by atoms with Crippen LogP contribution >= 0.6 is 24.4 Å². The van der Waals surface area contributed by atoms with Crippen LogP contribution < -0.4 is 10.6 Å². The van der Waals surface area contributed by atoms with Crippen molar-refractivity contribution >= 4 is 59.8 Å². The van der Waals surface area contributed by atoms with Crippen molar-refractivity contribution in [2.75, 3.05) is 38.1 Å². The smallest absolute Gasteiger partial charge is 0.377 e. The largest absolute Gasteiger partial charge is 0.417 e. The average Bonchev–Trinajstić information content (AvgIpc) is 3.33. The Bertz CT molecular complexity index is 1960. The predicted molar refractivity (Wildman–Crippen MR) is 214 cm³/mol. The fourth-order valence-electron chi connectivity index (χ4n) is 8.49. The highest BCUT2D eigenvalue weighted by Gasteiger charge is 2.55. The molecule has 4 heterocycles. The van der Waals surface area contributed by atoms with Gasteiger partial charge in [-0.2, -0.15) is 22.7 Å². The third-order valence-corrected chi connectivity index (χ3v) is 12.8. The number of carbonyl (C=O) groups is 5. The monoisotopic (exact) mass is 862 g/mol. The van der Waals surface area contributed by atoms with Gasteiger partial charge in [0.15, 0.2) is 0 Å². The third kappa shape index (κ3) is 9.86.